The van der Waals surface area contributed by atoms with Crippen LogP contribution in [0.5, 0.6) is 0 Å². The van der Waals surface area contributed by atoms with Gasteiger partial charge in [0.2, 0.25) is 5.95 Å². The molecule has 0 unspecified atom stereocenters. The fraction of sp³-hybridized carbons (Fsp3) is 0.923. The van der Waals surface area contributed by atoms with Crippen LogP contribution < -0.4 is 15.9 Å². The van der Waals surface area contributed by atoms with E-state index in [0.717, 1.165) is 25.9 Å². The number of rotatable bonds is 37. The first-order valence-electron chi connectivity index (χ1n) is 20.6. The topological polar surface area (TPSA) is 106 Å². The third-order valence-electron chi connectivity index (χ3n) is 9.67. The van der Waals surface area contributed by atoms with Crippen molar-refractivity contribution in [3.63, 3.8) is 0 Å². The molecule has 1 aromatic heterocycles. The van der Waals surface area contributed by atoms with Crippen LogP contribution in [0.15, 0.2) is 0 Å². The smallest absolute Gasteiger partial charge is 0.253 e. The molecule has 1 aromatic rings. The molecule has 0 amide bonds. The highest BCUT2D eigenvalue weighted by Gasteiger charge is 2.13. The fourth-order valence-electron chi connectivity index (χ4n) is 6.62. The van der Waals surface area contributed by atoms with E-state index in [9.17, 15) is 10.4 Å². The van der Waals surface area contributed by atoms with E-state index in [1.807, 2.05) is 11.0 Å². The van der Waals surface area contributed by atoms with Crippen molar-refractivity contribution in [3.05, 3.63) is 0 Å². The quantitative estimate of drug-likeness (QED) is 0.0412. The summed E-state index contributed by atoms with van der Waals surface area (Å²) < 4.78 is 0. The van der Waals surface area contributed by atoms with Crippen molar-refractivity contribution in [1.82, 2.24) is 15.0 Å². The highest BCUT2D eigenvalue weighted by Crippen LogP contribution is 2.18. The van der Waals surface area contributed by atoms with E-state index in [-0.39, 0.29) is 11.9 Å². The predicted octanol–water partition coefficient (Wildman–Crippen LogP) is 12.8. The molecule has 0 saturated heterocycles. The van der Waals surface area contributed by atoms with Crippen LogP contribution in [0.4, 0.5) is 17.8 Å². The van der Waals surface area contributed by atoms with E-state index < -0.39 is 0 Å². The number of unbranched alkanes of at least 4 members (excludes halogenated alkanes) is 30. The first-order valence-corrected chi connectivity index (χ1v) is 20.6. The molecule has 0 fully saturated rings. The first kappa shape index (κ1) is 43.4. The minimum atomic E-state index is 0.0375. The summed E-state index contributed by atoms with van der Waals surface area (Å²) in [6, 6.07) is 0. The van der Waals surface area contributed by atoms with Crippen LogP contribution in [0.3, 0.4) is 0 Å². The molecule has 1 rings (SSSR count). The minimum absolute atomic E-state index is 0.0375. The third-order valence-corrected chi connectivity index (χ3v) is 9.67. The molecule has 276 valence electrons. The molecule has 0 aromatic carbocycles. The summed E-state index contributed by atoms with van der Waals surface area (Å²) in [6.07, 6.45) is 43.5. The normalized spacial score (nSPS) is 11.3. The molecule has 0 spiro atoms. The van der Waals surface area contributed by atoms with Gasteiger partial charge in [-0.2, -0.15) is 15.0 Å². The molecule has 0 radical (unpaired) electrons. The zero-order chi connectivity index (χ0) is 33.9. The molecular weight excluding hydrogens is 584 g/mol. The maximum atomic E-state index is 9.38. The zero-order valence-electron chi connectivity index (χ0n) is 31.2. The summed E-state index contributed by atoms with van der Waals surface area (Å²) in [5.41, 5.74) is 4.01. The van der Waals surface area contributed by atoms with Crippen LogP contribution in [0.25, 0.3) is 0 Å². The Hall–Kier alpha value is -1.67. The van der Waals surface area contributed by atoms with E-state index in [0.29, 0.717) is 5.95 Å². The van der Waals surface area contributed by atoms with Gasteiger partial charge in [-0.25, -0.2) is 11.0 Å². The van der Waals surface area contributed by atoms with Crippen molar-refractivity contribution in [2.75, 3.05) is 28.9 Å². The Bertz CT molecular complexity index is 726. The van der Waals surface area contributed by atoms with Gasteiger partial charge in [-0.05, 0) is 12.8 Å². The second-order valence-corrected chi connectivity index (χ2v) is 14.1. The summed E-state index contributed by atoms with van der Waals surface area (Å²) in [5, 5.41) is 18.8. The van der Waals surface area contributed by atoms with Gasteiger partial charge in [-0.15, -0.1) is 0 Å². The van der Waals surface area contributed by atoms with Gasteiger partial charge in [0.05, 0.1) is 0 Å². The van der Waals surface area contributed by atoms with Gasteiger partial charge in [0.1, 0.15) is 0 Å². The molecule has 4 N–H and O–H groups in total. The average molecular weight is 663 g/mol. The fourth-order valence-corrected chi connectivity index (χ4v) is 6.62. The van der Waals surface area contributed by atoms with E-state index >= 15 is 0 Å². The lowest BCUT2D eigenvalue weighted by Crippen LogP contribution is -2.28. The third kappa shape index (κ3) is 26.9. The summed E-state index contributed by atoms with van der Waals surface area (Å²) in [7, 11) is 0. The molecule has 47 heavy (non-hydrogen) atoms. The molecule has 0 saturated carbocycles. The molecule has 8 nitrogen and oxygen atoms in total. The Morgan fingerprint density at radius 2 is 0.596 bits per heavy atom. The lowest BCUT2D eigenvalue weighted by atomic mass is 10.0. The second-order valence-electron chi connectivity index (χ2n) is 14.1. The molecule has 0 atom stereocenters. The Morgan fingerprint density at radius 3 is 0.830 bits per heavy atom. The van der Waals surface area contributed by atoms with Gasteiger partial charge >= 0.3 is 0 Å². The number of nitrogens with zero attached hydrogens (tertiary/aromatic N) is 4. The Balaban J connectivity index is 2.17. The monoisotopic (exact) mass is 663 g/mol. The van der Waals surface area contributed by atoms with Crippen molar-refractivity contribution in [2.45, 2.75) is 219 Å². The van der Waals surface area contributed by atoms with Crippen LogP contribution >= 0.6 is 0 Å². The summed E-state index contributed by atoms with van der Waals surface area (Å²) in [6.45, 7) is 6.32. The Labute approximate surface area is 291 Å². The van der Waals surface area contributed by atoms with Gasteiger partial charge in [-0.1, -0.05) is 206 Å². The molecular formula is C39H78N6O2. The van der Waals surface area contributed by atoms with Gasteiger partial charge < -0.3 is 4.90 Å². The van der Waals surface area contributed by atoms with Crippen LogP contribution in [-0.4, -0.2) is 38.5 Å². The predicted molar refractivity (Wildman–Crippen MR) is 202 cm³/mol. The largest absolute Gasteiger partial charge is 0.341 e. The summed E-state index contributed by atoms with van der Waals surface area (Å²) in [4.78, 5) is 14.9. The standard InChI is InChI=1S/C39H78N6O2/c1-3-5-7-9-11-13-15-17-19-21-23-25-27-29-31-33-35-45(39-41-37(43-46)40-38(42-39)44-47)36-34-32-30-28-26-24-22-20-18-16-14-12-10-8-6-4-2/h46-47H,3-36H2,1-2H3,(H2,40,41,42,43,44). The SMILES string of the molecule is CCCCCCCCCCCCCCCCCCN(CCCCCCCCCCCCCCCCCC)c1nc(NO)nc(NO)n1. The summed E-state index contributed by atoms with van der Waals surface area (Å²) in [5.74, 6) is 0.570. The number of hydrogen-bond acceptors (Lipinski definition) is 8. The first-order chi connectivity index (χ1) is 23.2. The van der Waals surface area contributed by atoms with E-state index in [4.69, 9.17) is 0 Å². The van der Waals surface area contributed by atoms with Crippen LogP contribution in [0.2, 0.25) is 0 Å². The highest BCUT2D eigenvalue weighted by molar-refractivity contribution is 5.41. The maximum absolute atomic E-state index is 9.38. The minimum Gasteiger partial charge on any atom is -0.341 e. The number of nitrogens with one attached hydrogen (secondary N) is 2. The molecule has 0 aliphatic heterocycles. The van der Waals surface area contributed by atoms with Crippen LogP contribution in [-0.2, 0) is 0 Å². The lowest BCUT2D eigenvalue weighted by molar-refractivity contribution is 0.374. The highest BCUT2D eigenvalue weighted by atomic mass is 16.5. The molecule has 0 aliphatic carbocycles. The maximum Gasteiger partial charge on any atom is 0.253 e. The number of anilines is 3. The van der Waals surface area contributed by atoms with Crippen molar-refractivity contribution < 1.29 is 10.4 Å². The molecule has 8 heteroatoms. The second kappa shape index (κ2) is 34.2. The van der Waals surface area contributed by atoms with Gasteiger partial charge in [-0.3, -0.25) is 10.4 Å². The van der Waals surface area contributed by atoms with Crippen molar-refractivity contribution in [3.8, 4) is 0 Å². The van der Waals surface area contributed by atoms with E-state index in [1.54, 1.807) is 0 Å². The van der Waals surface area contributed by atoms with Crippen molar-refractivity contribution >= 4 is 17.8 Å². The molecule has 1 heterocycles. The molecule has 0 aliphatic rings. The molecule has 0 bridgehead atoms. The van der Waals surface area contributed by atoms with Crippen molar-refractivity contribution in [1.29, 1.82) is 0 Å². The van der Waals surface area contributed by atoms with Gasteiger partial charge in [0.15, 0.2) is 0 Å². The Kier molecular flexibility index (Phi) is 31.5. The zero-order valence-corrected chi connectivity index (χ0v) is 31.2. The number of hydrogen-bond donors (Lipinski definition) is 4. The lowest BCUT2D eigenvalue weighted by Gasteiger charge is -2.23. The summed E-state index contributed by atoms with van der Waals surface area (Å²) >= 11 is 0. The Morgan fingerprint density at radius 1 is 0.362 bits per heavy atom. The van der Waals surface area contributed by atoms with Crippen LogP contribution in [0.1, 0.15) is 219 Å². The van der Waals surface area contributed by atoms with E-state index in [1.165, 1.54) is 193 Å². The van der Waals surface area contributed by atoms with Gasteiger partial charge in [0.25, 0.3) is 11.9 Å². The van der Waals surface area contributed by atoms with Crippen molar-refractivity contribution in [2.24, 2.45) is 0 Å². The van der Waals surface area contributed by atoms with Gasteiger partial charge in [0, 0.05) is 13.1 Å². The van der Waals surface area contributed by atoms with E-state index in [2.05, 4.69) is 33.7 Å². The van der Waals surface area contributed by atoms with Crippen LogP contribution in [0, 0.1) is 0 Å². The number of aromatic nitrogens is 3. The average Bonchev–Trinajstić information content (AvgIpc) is 3.10.